The van der Waals surface area contributed by atoms with Crippen molar-refractivity contribution in [2.45, 2.75) is 31.6 Å². The smallest absolute Gasteiger partial charge is 0.318 e. The van der Waals surface area contributed by atoms with Gasteiger partial charge in [-0.1, -0.05) is 18.0 Å². The molecule has 1 fully saturated rings. The van der Waals surface area contributed by atoms with Crippen LogP contribution in [0, 0.1) is 5.92 Å². The number of aromatic nitrogens is 2. The summed E-state index contributed by atoms with van der Waals surface area (Å²) in [5.74, 6) is 0.397. The van der Waals surface area contributed by atoms with Crippen LogP contribution in [-0.2, 0) is 9.53 Å². The summed E-state index contributed by atoms with van der Waals surface area (Å²) in [5.41, 5.74) is 0. The highest BCUT2D eigenvalue weighted by molar-refractivity contribution is 9.10. The summed E-state index contributed by atoms with van der Waals surface area (Å²) < 4.78 is 11.3. The fourth-order valence-electron chi connectivity index (χ4n) is 2.80. The van der Waals surface area contributed by atoms with Crippen LogP contribution in [0.25, 0.3) is 10.7 Å². The van der Waals surface area contributed by atoms with Gasteiger partial charge < -0.3 is 9.26 Å². The maximum Gasteiger partial charge on any atom is 0.318 e. The molecule has 2 aromatic heterocycles. The number of halogens is 1. The Morgan fingerprint density at radius 1 is 1.52 bits per heavy atom. The second-order valence-electron chi connectivity index (χ2n) is 5.13. The van der Waals surface area contributed by atoms with E-state index in [0.29, 0.717) is 11.7 Å². The third-order valence-corrected chi connectivity index (χ3v) is 5.51. The van der Waals surface area contributed by atoms with Crippen LogP contribution in [0.2, 0.25) is 0 Å². The van der Waals surface area contributed by atoms with Crippen LogP contribution < -0.4 is 0 Å². The molecule has 0 saturated heterocycles. The zero-order valence-electron chi connectivity index (χ0n) is 11.5. The van der Waals surface area contributed by atoms with E-state index in [1.165, 1.54) is 18.4 Å². The van der Waals surface area contributed by atoms with Crippen molar-refractivity contribution in [3.8, 4) is 10.7 Å². The highest BCUT2D eigenvalue weighted by Crippen LogP contribution is 2.38. The van der Waals surface area contributed by atoms with Gasteiger partial charge in [-0.2, -0.15) is 4.98 Å². The van der Waals surface area contributed by atoms with E-state index in [9.17, 15) is 4.79 Å². The molecule has 0 aliphatic heterocycles. The second kappa shape index (κ2) is 6.27. The Morgan fingerprint density at radius 2 is 2.29 bits per heavy atom. The summed E-state index contributed by atoms with van der Waals surface area (Å²) in [6.07, 6.45) is 4.28. The lowest BCUT2D eigenvalue weighted by Crippen LogP contribution is -2.21. The van der Waals surface area contributed by atoms with E-state index >= 15 is 0 Å². The number of thiophene rings is 1. The van der Waals surface area contributed by atoms with Gasteiger partial charge in [-0.15, -0.1) is 11.3 Å². The maximum absolute atomic E-state index is 12.1. The number of rotatable bonds is 4. The first-order valence-corrected chi connectivity index (χ1v) is 8.52. The number of carbonyl (C=O) groups is 1. The molecule has 1 aliphatic carbocycles. The zero-order chi connectivity index (χ0) is 14.8. The van der Waals surface area contributed by atoms with E-state index in [0.717, 1.165) is 35.0 Å². The molecule has 21 heavy (non-hydrogen) atoms. The minimum atomic E-state index is -0.442. The Hall–Kier alpha value is -1.21. The average Bonchev–Trinajstić information content (AvgIpc) is 3.20. The van der Waals surface area contributed by atoms with Crippen molar-refractivity contribution >= 4 is 33.2 Å². The molecular weight excluding hydrogens is 356 g/mol. The van der Waals surface area contributed by atoms with Gasteiger partial charge in [0.1, 0.15) is 5.92 Å². The van der Waals surface area contributed by atoms with Crippen LogP contribution in [0.3, 0.4) is 0 Å². The van der Waals surface area contributed by atoms with Crippen molar-refractivity contribution in [3.05, 3.63) is 21.8 Å². The van der Waals surface area contributed by atoms with E-state index in [1.807, 2.05) is 11.4 Å². The van der Waals surface area contributed by atoms with Crippen molar-refractivity contribution < 1.29 is 14.1 Å². The molecule has 0 spiro atoms. The van der Waals surface area contributed by atoms with Gasteiger partial charge in [-0.05, 0) is 40.8 Å². The summed E-state index contributed by atoms with van der Waals surface area (Å²) in [7, 11) is 1.40. The van der Waals surface area contributed by atoms with Crippen LogP contribution >= 0.6 is 27.3 Å². The van der Waals surface area contributed by atoms with Crippen LogP contribution in [0.1, 0.15) is 37.5 Å². The summed E-state index contributed by atoms with van der Waals surface area (Å²) >= 11 is 4.93. The molecule has 0 aromatic carbocycles. The Kier molecular flexibility index (Phi) is 4.40. The summed E-state index contributed by atoms with van der Waals surface area (Å²) in [6.45, 7) is 0. The number of nitrogens with zero attached hydrogens (tertiary/aromatic N) is 2. The molecule has 0 bridgehead atoms. The van der Waals surface area contributed by atoms with E-state index in [-0.39, 0.29) is 11.9 Å². The van der Waals surface area contributed by atoms with Gasteiger partial charge in [0.05, 0.1) is 12.0 Å². The van der Waals surface area contributed by atoms with E-state index in [1.54, 1.807) is 0 Å². The number of hydrogen-bond acceptors (Lipinski definition) is 6. The molecule has 1 unspecified atom stereocenters. The average molecular weight is 371 g/mol. The third-order valence-electron chi connectivity index (χ3n) is 3.82. The van der Waals surface area contributed by atoms with Gasteiger partial charge >= 0.3 is 5.97 Å². The first-order chi connectivity index (χ1) is 10.2. The lowest BCUT2D eigenvalue weighted by atomic mass is 9.91. The molecule has 2 aromatic rings. The van der Waals surface area contributed by atoms with E-state index in [2.05, 4.69) is 26.1 Å². The third kappa shape index (κ3) is 3.03. The van der Waals surface area contributed by atoms with Crippen molar-refractivity contribution in [1.82, 2.24) is 10.1 Å². The standard InChI is InChI=1S/C14H15BrN2O3S/c1-19-14(18)11(8-4-2-3-5-8)13-16-12(17-20-13)10-6-9(15)7-21-10/h6-8,11H,2-5H2,1H3. The lowest BCUT2D eigenvalue weighted by Gasteiger charge is -2.16. The molecule has 3 rings (SSSR count). The topological polar surface area (TPSA) is 65.2 Å². The Labute approximate surface area is 134 Å². The molecule has 0 N–H and O–H groups in total. The predicted octanol–water partition coefficient (Wildman–Crippen LogP) is 4.01. The minimum absolute atomic E-state index is 0.237. The summed E-state index contributed by atoms with van der Waals surface area (Å²) in [6, 6.07) is 1.93. The number of carbonyl (C=O) groups excluding carboxylic acids is 1. The molecule has 112 valence electrons. The largest absolute Gasteiger partial charge is 0.468 e. The molecular formula is C14H15BrN2O3S. The van der Waals surface area contributed by atoms with Gasteiger partial charge in [-0.25, -0.2) is 0 Å². The molecule has 5 nitrogen and oxygen atoms in total. The fraction of sp³-hybridized carbons (Fsp3) is 0.500. The van der Waals surface area contributed by atoms with Gasteiger partial charge in [0.25, 0.3) is 0 Å². The first-order valence-electron chi connectivity index (χ1n) is 6.85. The highest BCUT2D eigenvalue weighted by Gasteiger charge is 2.37. The fourth-order valence-corrected chi connectivity index (χ4v) is 4.16. The normalized spacial score (nSPS) is 17.0. The van der Waals surface area contributed by atoms with Crippen LogP contribution in [0.15, 0.2) is 20.4 Å². The van der Waals surface area contributed by atoms with Gasteiger partial charge in [0.15, 0.2) is 0 Å². The molecule has 7 heteroatoms. The van der Waals surface area contributed by atoms with Gasteiger partial charge in [-0.3, -0.25) is 4.79 Å². The summed E-state index contributed by atoms with van der Waals surface area (Å²) in [5, 5.41) is 5.96. The summed E-state index contributed by atoms with van der Waals surface area (Å²) in [4.78, 5) is 17.4. The molecule has 2 heterocycles. The Balaban J connectivity index is 1.89. The second-order valence-corrected chi connectivity index (χ2v) is 6.96. The molecule has 0 radical (unpaired) electrons. The van der Waals surface area contributed by atoms with Gasteiger partial charge in [0.2, 0.25) is 11.7 Å². The monoisotopic (exact) mass is 370 g/mol. The highest BCUT2D eigenvalue weighted by atomic mass is 79.9. The number of hydrogen-bond donors (Lipinski definition) is 0. The quantitative estimate of drug-likeness (QED) is 0.760. The van der Waals surface area contributed by atoms with Gasteiger partial charge in [0, 0.05) is 9.85 Å². The lowest BCUT2D eigenvalue weighted by molar-refractivity contribution is -0.144. The Bertz CT molecular complexity index is 634. The molecule has 1 aliphatic rings. The Morgan fingerprint density at radius 3 is 2.90 bits per heavy atom. The first kappa shape index (κ1) is 14.7. The zero-order valence-corrected chi connectivity index (χ0v) is 13.9. The van der Waals surface area contributed by atoms with Crippen LogP contribution in [-0.4, -0.2) is 23.2 Å². The van der Waals surface area contributed by atoms with Crippen LogP contribution in [0.5, 0.6) is 0 Å². The number of ether oxygens (including phenoxy) is 1. The van der Waals surface area contributed by atoms with E-state index in [4.69, 9.17) is 9.26 Å². The molecule has 0 amide bonds. The molecule has 1 saturated carbocycles. The molecule has 1 atom stereocenters. The van der Waals surface area contributed by atoms with E-state index < -0.39 is 5.92 Å². The number of esters is 1. The van der Waals surface area contributed by atoms with Crippen molar-refractivity contribution in [2.75, 3.05) is 7.11 Å². The predicted molar refractivity (Wildman–Crippen MR) is 82.0 cm³/mol. The van der Waals surface area contributed by atoms with Crippen molar-refractivity contribution in [1.29, 1.82) is 0 Å². The maximum atomic E-state index is 12.1. The minimum Gasteiger partial charge on any atom is -0.468 e. The number of methoxy groups -OCH3 is 1. The SMILES string of the molecule is COC(=O)C(c1nc(-c2cc(Br)cs2)no1)C1CCCC1. The van der Waals surface area contributed by atoms with Crippen molar-refractivity contribution in [3.63, 3.8) is 0 Å². The van der Waals surface area contributed by atoms with Crippen molar-refractivity contribution in [2.24, 2.45) is 5.92 Å². The van der Waals surface area contributed by atoms with Crippen LogP contribution in [0.4, 0.5) is 0 Å².